The number of rotatable bonds is 6. The standard InChI is InChI=1S/C14H22N2O/c1-11(10-17)8-16(14-5-6-14)9-12-3-2-4-13(15)7-12/h2-4,7,11,14,17H,5-6,8-10,15H2,1H3. The summed E-state index contributed by atoms with van der Waals surface area (Å²) in [5, 5.41) is 9.15. The van der Waals surface area contributed by atoms with Crippen LogP contribution in [0.1, 0.15) is 25.3 Å². The van der Waals surface area contributed by atoms with Gasteiger partial charge in [-0.3, -0.25) is 4.90 Å². The molecule has 2 rings (SSSR count). The van der Waals surface area contributed by atoms with Crippen molar-refractivity contribution in [1.29, 1.82) is 0 Å². The number of anilines is 1. The van der Waals surface area contributed by atoms with Crippen LogP contribution in [0.3, 0.4) is 0 Å². The maximum Gasteiger partial charge on any atom is 0.0468 e. The number of benzene rings is 1. The van der Waals surface area contributed by atoms with Gasteiger partial charge in [0, 0.05) is 31.4 Å². The normalized spacial score (nSPS) is 17.4. The van der Waals surface area contributed by atoms with Crippen molar-refractivity contribution in [1.82, 2.24) is 4.90 Å². The Kier molecular flexibility index (Phi) is 4.02. The summed E-state index contributed by atoms with van der Waals surface area (Å²) in [6, 6.07) is 8.80. The van der Waals surface area contributed by atoms with Crippen LogP contribution in [-0.4, -0.2) is 29.2 Å². The summed E-state index contributed by atoms with van der Waals surface area (Å²) in [5.74, 6) is 0.344. The summed E-state index contributed by atoms with van der Waals surface area (Å²) in [4.78, 5) is 2.47. The van der Waals surface area contributed by atoms with Gasteiger partial charge in [-0.2, -0.15) is 0 Å². The van der Waals surface area contributed by atoms with Crippen LogP contribution >= 0.6 is 0 Å². The minimum atomic E-state index is 0.264. The van der Waals surface area contributed by atoms with Gasteiger partial charge in [0.05, 0.1) is 0 Å². The monoisotopic (exact) mass is 234 g/mol. The second-order valence-corrected chi connectivity index (χ2v) is 5.19. The molecular weight excluding hydrogens is 212 g/mol. The highest BCUT2D eigenvalue weighted by atomic mass is 16.3. The van der Waals surface area contributed by atoms with E-state index in [2.05, 4.69) is 17.9 Å². The summed E-state index contributed by atoms with van der Waals surface area (Å²) in [7, 11) is 0. The van der Waals surface area contributed by atoms with Gasteiger partial charge in [-0.25, -0.2) is 0 Å². The third-order valence-electron chi connectivity index (χ3n) is 3.26. The van der Waals surface area contributed by atoms with Gasteiger partial charge >= 0.3 is 0 Å². The maximum absolute atomic E-state index is 9.15. The summed E-state index contributed by atoms with van der Waals surface area (Å²) in [5.41, 5.74) is 7.89. The molecule has 3 heteroatoms. The SMILES string of the molecule is CC(CO)CN(Cc1cccc(N)c1)C1CC1. The van der Waals surface area contributed by atoms with E-state index >= 15 is 0 Å². The first kappa shape index (κ1) is 12.4. The van der Waals surface area contributed by atoms with Crippen LogP contribution in [-0.2, 0) is 6.54 Å². The van der Waals surface area contributed by atoms with E-state index in [4.69, 9.17) is 10.8 Å². The molecule has 1 saturated carbocycles. The molecule has 3 nitrogen and oxygen atoms in total. The van der Waals surface area contributed by atoms with E-state index in [1.54, 1.807) is 0 Å². The highest BCUT2D eigenvalue weighted by molar-refractivity contribution is 5.40. The maximum atomic E-state index is 9.15. The van der Waals surface area contributed by atoms with Crippen LogP contribution in [0.15, 0.2) is 24.3 Å². The first-order valence-corrected chi connectivity index (χ1v) is 6.38. The molecule has 0 heterocycles. The molecule has 1 aromatic carbocycles. The summed E-state index contributed by atoms with van der Waals surface area (Å²) in [6.07, 6.45) is 2.58. The molecule has 0 radical (unpaired) electrons. The molecule has 0 spiro atoms. The van der Waals surface area contributed by atoms with Crippen molar-refractivity contribution in [2.24, 2.45) is 5.92 Å². The second-order valence-electron chi connectivity index (χ2n) is 5.19. The summed E-state index contributed by atoms with van der Waals surface area (Å²) >= 11 is 0. The van der Waals surface area contributed by atoms with Crippen LogP contribution < -0.4 is 5.73 Å². The van der Waals surface area contributed by atoms with Crippen molar-refractivity contribution in [2.45, 2.75) is 32.4 Å². The Morgan fingerprint density at radius 1 is 1.47 bits per heavy atom. The predicted molar refractivity (Wildman–Crippen MR) is 70.5 cm³/mol. The van der Waals surface area contributed by atoms with Crippen LogP contribution in [0.4, 0.5) is 5.69 Å². The van der Waals surface area contributed by atoms with Gasteiger partial charge < -0.3 is 10.8 Å². The first-order valence-electron chi connectivity index (χ1n) is 6.38. The Labute approximate surface area is 103 Å². The molecule has 0 saturated heterocycles. The molecule has 1 fully saturated rings. The average molecular weight is 234 g/mol. The molecule has 1 atom stereocenters. The number of nitrogen functional groups attached to an aromatic ring is 1. The van der Waals surface area contributed by atoms with E-state index in [1.807, 2.05) is 18.2 Å². The number of aliphatic hydroxyl groups is 1. The average Bonchev–Trinajstić information content (AvgIpc) is 3.12. The topological polar surface area (TPSA) is 49.5 Å². The molecule has 1 aliphatic rings. The lowest BCUT2D eigenvalue weighted by Gasteiger charge is -2.25. The zero-order valence-corrected chi connectivity index (χ0v) is 10.5. The van der Waals surface area contributed by atoms with Crippen molar-refractivity contribution in [3.8, 4) is 0 Å². The van der Waals surface area contributed by atoms with Gasteiger partial charge in [-0.15, -0.1) is 0 Å². The molecule has 1 aromatic rings. The van der Waals surface area contributed by atoms with Crippen molar-refractivity contribution in [3.63, 3.8) is 0 Å². The molecule has 17 heavy (non-hydrogen) atoms. The lowest BCUT2D eigenvalue weighted by molar-refractivity contribution is 0.163. The Hall–Kier alpha value is -1.06. The number of nitrogens with two attached hydrogens (primary N) is 1. The third kappa shape index (κ3) is 3.72. The molecule has 0 bridgehead atoms. The predicted octanol–water partition coefficient (Wildman–Crippen LogP) is 1.86. The zero-order valence-electron chi connectivity index (χ0n) is 10.5. The fourth-order valence-corrected chi connectivity index (χ4v) is 2.17. The largest absolute Gasteiger partial charge is 0.399 e. The van der Waals surface area contributed by atoms with E-state index in [0.717, 1.165) is 18.8 Å². The molecule has 3 N–H and O–H groups in total. The van der Waals surface area contributed by atoms with E-state index in [9.17, 15) is 0 Å². The zero-order chi connectivity index (χ0) is 12.3. The molecule has 0 aliphatic heterocycles. The fraction of sp³-hybridized carbons (Fsp3) is 0.571. The van der Waals surface area contributed by atoms with Crippen molar-refractivity contribution < 1.29 is 5.11 Å². The van der Waals surface area contributed by atoms with Crippen LogP contribution in [0.2, 0.25) is 0 Å². The van der Waals surface area contributed by atoms with Gasteiger partial charge in [0.25, 0.3) is 0 Å². The molecule has 0 aromatic heterocycles. The van der Waals surface area contributed by atoms with E-state index in [1.165, 1.54) is 18.4 Å². The quantitative estimate of drug-likeness (QED) is 0.739. The van der Waals surface area contributed by atoms with Crippen LogP contribution in [0.25, 0.3) is 0 Å². The van der Waals surface area contributed by atoms with Crippen molar-refractivity contribution in [3.05, 3.63) is 29.8 Å². The summed E-state index contributed by atoms with van der Waals surface area (Å²) < 4.78 is 0. The smallest absolute Gasteiger partial charge is 0.0468 e. The highest BCUT2D eigenvalue weighted by Crippen LogP contribution is 2.29. The lowest BCUT2D eigenvalue weighted by Crippen LogP contribution is -2.31. The summed E-state index contributed by atoms with van der Waals surface area (Å²) in [6.45, 7) is 4.27. The van der Waals surface area contributed by atoms with Gasteiger partial charge in [-0.1, -0.05) is 19.1 Å². The van der Waals surface area contributed by atoms with Crippen LogP contribution in [0.5, 0.6) is 0 Å². The Bertz CT molecular complexity index is 363. The fourth-order valence-electron chi connectivity index (χ4n) is 2.17. The van der Waals surface area contributed by atoms with E-state index in [-0.39, 0.29) is 6.61 Å². The third-order valence-corrected chi connectivity index (χ3v) is 3.26. The highest BCUT2D eigenvalue weighted by Gasteiger charge is 2.29. The number of aliphatic hydroxyl groups excluding tert-OH is 1. The minimum absolute atomic E-state index is 0.264. The number of nitrogens with zero attached hydrogens (tertiary/aromatic N) is 1. The molecule has 94 valence electrons. The molecule has 1 aliphatic carbocycles. The molecule has 1 unspecified atom stereocenters. The lowest BCUT2D eigenvalue weighted by atomic mass is 10.1. The van der Waals surface area contributed by atoms with Gasteiger partial charge in [0.2, 0.25) is 0 Å². The molecular formula is C14H22N2O. The Balaban J connectivity index is 1.97. The number of hydrogen-bond acceptors (Lipinski definition) is 3. The van der Waals surface area contributed by atoms with Crippen LogP contribution in [0, 0.1) is 5.92 Å². The van der Waals surface area contributed by atoms with Gasteiger partial charge in [0.1, 0.15) is 0 Å². The Morgan fingerprint density at radius 2 is 2.24 bits per heavy atom. The number of hydrogen-bond donors (Lipinski definition) is 2. The van der Waals surface area contributed by atoms with Crippen molar-refractivity contribution >= 4 is 5.69 Å². The second kappa shape index (κ2) is 5.52. The van der Waals surface area contributed by atoms with Gasteiger partial charge in [0.15, 0.2) is 0 Å². The Morgan fingerprint density at radius 3 is 2.82 bits per heavy atom. The van der Waals surface area contributed by atoms with Gasteiger partial charge in [-0.05, 0) is 36.5 Å². The van der Waals surface area contributed by atoms with Crippen molar-refractivity contribution in [2.75, 3.05) is 18.9 Å². The van der Waals surface area contributed by atoms with E-state index < -0.39 is 0 Å². The van der Waals surface area contributed by atoms with E-state index in [0.29, 0.717) is 12.0 Å². The minimum Gasteiger partial charge on any atom is -0.399 e. The first-order chi connectivity index (χ1) is 8.19. The molecule has 0 amide bonds.